The molecule has 6 aromatic carbocycles. The lowest BCUT2D eigenvalue weighted by Crippen LogP contribution is -2.45. The molecule has 1 N–H and O–H groups in total. The second-order valence-corrected chi connectivity index (χ2v) is 10.8. The predicted molar refractivity (Wildman–Crippen MR) is 164 cm³/mol. The number of aliphatic hydroxyl groups is 1. The van der Waals surface area contributed by atoms with Crippen molar-refractivity contribution in [1.29, 1.82) is 0 Å². The van der Waals surface area contributed by atoms with Crippen molar-refractivity contribution in [2.75, 3.05) is 0 Å². The minimum Gasteiger partial charge on any atom is -0.376 e. The highest BCUT2D eigenvalue weighted by Crippen LogP contribution is 2.57. The molecule has 0 aromatic heterocycles. The maximum absolute atomic E-state index is 13.2. The Morgan fingerprint density at radius 1 is 0.400 bits per heavy atom. The van der Waals surface area contributed by atoms with Crippen LogP contribution in [-0.4, -0.2) is 5.11 Å². The molecule has 40 heavy (non-hydrogen) atoms. The van der Waals surface area contributed by atoms with E-state index in [9.17, 15) is 5.11 Å². The summed E-state index contributed by atoms with van der Waals surface area (Å²) in [5, 5.41) is 13.9. The van der Waals surface area contributed by atoms with Gasteiger partial charge in [0.15, 0.2) is 0 Å². The summed E-state index contributed by atoms with van der Waals surface area (Å²) in [5.74, 6) is 0. The number of halogens is 1. The smallest absolute Gasteiger partial charge is 0.141 e. The molecule has 6 aromatic rings. The van der Waals surface area contributed by atoms with Gasteiger partial charge in [-0.15, -0.1) is 0 Å². The SMILES string of the molecule is OC1(c2ccccc2-c2ccc(Cl)cc2)c2ccccc2C(c2ccccc2)(c2ccccc2)c2ccccc21. The average molecular weight is 535 g/mol. The van der Waals surface area contributed by atoms with E-state index < -0.39 is 11.0 Å². The third-order valence-electron chi connectivity index (χ3n) is 8.33. The summed E-state index contributed by atoms with van der Waals surface area (Å²) in [6.45, 7) is 0. The summed E-state index contributed by atoms with van der Waals surface area (Å²) in [5.41, 5.74) is 7.03. The van der Waals surface area contributed by atoms with E-state index >= 15 is 0 Å². The first-order chi connectivity index (χ1) is 19.6. The van der Waals surface area contributed by atoms with Crippen molar-refractivity contribution in [1.82, 2.24) is 0 Å². The van der Waals surface area contributed by atoms with Crippen molar-refractivity contribution < 1.29 is 5.11 Å². The molecule has 7 rings (SSSR count). The van der Waals surface area contributed by atoms with E-state index in [0.717, 1.165) is 50.1 Å². The first-order valence-corrected chi connectivity index (χ1v) is 13.9. The third-order valence-corrected chi connectivity index (χ3v) is 8.58. The van der Waals surface area contributed by atoms with Crippen molar-refractivity contribution in [2.24, 2.45) is 0 Å². The fourth-order valence-electron chi connectivity index (χ4n) is 6.68. The summed E-state index contributed by atoms with van der Waals surface area (Å²) < 4.78 is 0. The Hall–Kier alpha value is -4.43. The quantitative estimate of drug-likeness (QED) is 0.239. The van der Waals surface area contributed by atoms with Gasteiger partial charge >= 0.3 is 0 Å². The summed E-state index contributed by atoms with van der Waals surface area (Å²) in [6.07, 6.45) is 0. The molecular weight excluding hydrogens is 508 g/mol. The second-order valence-electron chi connectivity index (χ2n) is 10.3. The van der Waals surface area contributed by atoms with Gasteiger partial charge in [-0.25, -0.2) is 0 Å². The van der Waals surface area contributed by atoms with Crippen molar-refractivity contribution >= 4 is 11.6 Å². The average Bonchev–Trinajstić information content (AvgIpc) is 3.03. The van der Waals surface area contributed by atoms with E-state index in [0.29, 0.717) is 5.02 Å². The zero-order chi connectivity index (χ0) is 27.2. The van der Waals surface area contributed by atoms with Gasteiger partial charge in [-0.1, -0.05) is 157 Å². The molecule has 0 amide bonds. The topological polar surface area (TPSA) is 20.2 Å². The Balaban J connectivity index is 1.62. The fourth-order valence-corrected chi connectivity index (χ4v) is 6.80. The molecule has 0 bridgehead atoms. The van der Waals surface area contributed by atoms with Gasteiger partial charge in [0.25, 0.3) is 0 Å². The first-order valence-electron chi connectivity index (χ1n) is 13.5. The zero-order valence-electron chi connectivity index (χ0n) is 21.8. The van der Waals surface area contributed by atoms with Gasteiger partial charge < -0.3 is 5.11 Å². The van der Waals surface area contributed by atoms with E-state index in [-0.39, 0.29) is 0 Å². The Labute approximate surface area is 240 Å². The summed E-state index contributed by atoms with van der Waals surface area (Å²) in [6, 6.07) is 54.1. The maximum atomic E-state index is 13.2. The molecule has 0 fully saturated rings. The molecule has 0 radical (unpaired) electrons. The lowest BCUT2D eigenvalue weighted by molar-refractivity contribution is 0.119. The molecular formula is C38H27ClO. The van der Waals surface area contributed by atoms with Crippen LogP contribution in [-0.2, 0) is 11.0 Å². The normalized spacial score (nSPS) is 14.7. The number of hydrogen-bond donors (Lipinski definition) is 1. The van der Waals surface area contributed by atoms with Crippen molar-refractivity contribution in [3.05, 3.63) is 202 Å². The number of benzene rings is 6. The highest BCUT2D eigenvalue weighted by Gasteiger charge is 2.52. The van der Waals surface area contributed by atoms with E-state index in [1.165, 1.54) is 0 Å². The van der Waals surface area contributed by atoms with Gasteiger partial charge in [0.2, 0.25) is 0 Å². The van der Waals surface area contributed by atoms with Gasteiger partial charge in [-0.3, -0.25) is 0 Å². The molecule has 1 nitrogen and oxygen atoms in total. The number of rotatable bonds is 4. The van der Waals surface area contributed by atoms with Crippen LogP contribution in [0.15, 0.2) is 158 Å². The van der Waals surface area contributed by atoms with E-state index in [4.69, 9.17) is 11.6 Å². The van der Waals surface area contributed by atoms with Crippen LogP contribution in [0.3, 0.4) is 0 Å². The minimum atomic E-state index is -1.39. The molecule has 0 saturated heterocycles. The Kier molecular flexibility index (Phi) is 5.93. The summed E-state index contributed by atoms with van der Waals surface area (Å²) in [4.78, 5) is 0. The van der Waals surface area contributed by atoms with E-state index in [2.05, 4.69) is 109 Å². The van der Waals surface area contributed by atoms with Crippen molar-refractivity contribution in [2.45, 2.75) is 11.0 Å². The molecule has 0 spiro atoms. The summed E-state index contributed by atoms with van der Waals surface area (Å²) in [7, 11) is 0. The largest absolute Gasteiger partial charge is 0.376 e. The van der Waals surface area contributed by atoms with Gasteiger partial charge in [0.05, 0.1) is 5.41 Å². The van der Waals surface area contributed by atoms with E-state index in [1.807, 2.05) is 48.5 Å². The summed E-state index contributed by atoms with van der Waals surface area (Å²) >= 11 is 6.25. The molecule has 0 saturated carbocycles. The van der Waals surface area contributed by atoms with Crippen molar-refractivity contribution in [3.63, 3.8) is 0 Å². The Bertz CT molecular complexity index is 1720. The molecule has 1 aliphatic rings. The van der Waals surface area contributed by atoms with Crippen LogP contribution < -0.4 is 0 Å². The fraction of sp³-hybridized carbons (Fsp3) is 0.0526. The zero-order valence-corrected chi connectivity index (χ0v) is 22.6. The van der Waals surface area contributed by atoms with Crippen LogP contribution in [0.4, 0.5) is 0 Å². The minimum absolute atomic E-state index is 0.614. The van der Waals surface area contributed by atoms with Gasteiger partial charge in [0.1, 0.15) is 5.60 Å². The van der Waals surface area contributed by atoms with Crippen LogP contribution in [0.2, 0.25) is 5.02 Å². The second kappa shape index (κ2) is 9.64. The lowest BCUT2D eigenvalue weighted by Gasteiger charge is -2.48. The molecule has 0 aliphatic heterocycles. The first kappa shape index (κ1) is 24.6. The molecule has 0 heterocycles. The Morgan fingerprint density at radius 2 is 0.800 bits per heavy atom. The number of hydrogen-bond acceptors (Lipinski definition) is 1. The highest BCUT2D eigenvalue weighted by atomic mass is 35.5. The van der Waals surface area contributed by atoms with Gasteiger partial charge in [-0.2, -0.15) is 0 Å². The Morgan fingerprint density at radius 3 is 1.30 bits per heavy atom. The van der Waals surface area contributed by atoms with Gasteiger partial charge in [-0.05, 0) is 56.6 Å². The van der Waals surface area contributed by atoms with Crippen LogP contribution in [0, 0.1) is 0 Å². The molecule has 0 unspecified atom stereocenters. The van der Waals surface area contributed by atoms with E-state index in [1.54, 1.807) is 0 Å². The van der Waals surface area contributed by atoms with Crippen LogP contribution >= 0.6 is 11.6 Å². The third kappa shape index (κ3) is 3.52. The predicted octanol–water partition coefficient (Wildman–Crippen LogP) is 8.99. The lowest BCUT2D eigenvalue weighted by atomic mass is 9.55. The highest BCUT2D eigenvalue weighted by molar-refractivity contribution is 6.30. The maximum Gasteiger partial charge on any atom is 0.141 e. The monoisotopic (exact) mass is 534 g/mol. The number of fused-ring (bicyclic) bond motifs is 2. The molecule has 0 atom stereocenters. The van der Waals surface area contributed by atoms with Gasteiger partial charge in [0, 0.05) is 10.6 Å². The van der Waals surface area contributed by atoms with Crippen LogP contribution in [0.1, 0.15) is 38.9 Å². The molecule has 1 aliphatic carbocycles. The molecule has 192 valence electrons. The van der Waals surface area contributed by atoms with Crippen LogP contribution in [0.5, 0.6) is 0 Å². The standard InChI is InChI=1S/C38H27ClO/c39-30-25-23-27(24-26-30)31-17-7-8-18-32(31)38(40)35-21-11-9-19-33(35)37(28-13-3-1-4-14-28,29-15-5-2-6-16-29)34-20-10-12-22-36(34)38/h1-26,40H. The van der Waals surface area contributed by atoms with Crippen molar-refractivity contribution in [3.8, 4) is 11.1 Å². The molecule has 2 heteroatoms. The van der Waals surface area contributed by atoms with Crippen LogP contribution in [0.25, 0.3) is 11.1 Å².